The van der Waals surface area contributed by atoms with Crippen LogP contribution in [0.4, 0.5) is 32.0 Å². The zero-order valence-corrected chi connectivity index (χ0v) is 20.5. The van der Waals surface area contributed by atoms with Gasteiger partial charge in [-0.1, -0.05) is 30.3 Å². The molecule has 0 amide bonds. The van der Waals surface area contributed by atoms with Gasteiger partial charge in [-0.2, -0.15) is 30.6 Å². The van der Waals surface area contributed by atoms with Crippen LogP contribution in [-0.4, -0.2) is 40.8 Å². The Labute approximate surface area is 210 Å². The summed E-state index contributed by atoms with van der Waals surface area (Å²) in [6.07, 6.45) is -2.56. The number of rotatable bonds is 6. The molecule has 13 heteroatoms. The molecule has 0 aliphatic carbocycles. The van der Waals surface area contributed by atoms with Crippen LogP contribution >= 0.6 is 0 Å². The van der Waals surface area contributed by atoms with E-state index in [0.29, 0.717) is 17.9 Å². The molecule has 0 fully saturated rings. The molecule has 2 heterocycles. The molecule has 200 valence electrons. The highest BCUT2D eigenvalue weighted by molar-refractivity contribution is 7.89. The summed E-state index contributed by atoms with van der Waals surface area (Å²) in [6, 6.07) is 11.1. The molecule has 0 unspecified atom stereocenters. The first kappa shape index (κ1) is 27.0. The summed E-state index contributed by atoms with van der Waals surface area (Å²) >= 11 is 0. The molecule has 1 aliphatic rings. The molecule has 1 N–H and O–H groups in total. The number of aryl methyl sites for hydroxylation is 2. The van der Waals surface area contributed by atoms with Crippen molar-refractivity contribution < 1.29 is 34.8 Å². The van der Waals surface area contributed by atoms with Crippen LogP contribution in [0.3, 0.4) is 0 Å². The number of H-pyrrole nitrogens is 1. The second-order valence-corrected chi connectivity index (χ2v) is 10.8. The van der Waals surface area contributed by atoms with E-state index in [1.54, 1.807) is 11.8 Å². The van der Waals surface area contributed by atoms with Crippen LogP contribution in [0.5, 0.6) is 0 Å². The van der Waals surface area contributed by atoms with E-state index in [0.717, 1.165) is 17.7 Å². The van der Waals surface area contributed by atoms with Gasteiger partial charge in [-0.3, -0.25) is 0 Å². The van der Waals surface area contributed by atoms with Crippen LogP contribution < -0.4 is 4.90 Å². The minimum atomic E-state index is -5.82. The number of hydrogen-bond donors (Lipinski definition) is 1. The summed E-state index contributed by atoms with van der Waals surface area (Å²) in [5.41, 5.74) is -5.13. The summed E-state index contributed by atoms with van der Waals surface area (Å²) in [5, 5.41) is 0. The Balaban J connectivity index is 1.82. The molecule has 0 saturated heterocycles. The van der Waals surface area contributed by atoms with Gasteiger partial charge in [0.25, 0.3) is 0 Å². The lowest BCUT2D eigenvalue weighted by molar-refractivity contribution is -0.137. The molecule has 2 aromatic carbocycles. The van der Waals surface area contributed by atoms with Crippen molar-refractivity contribution in [2.75, 3.05) is 11.4 Å². The topological polar surface area (TPSA) is 69.3 Å². The van der Waals surface area contributed by atoms with Crippen LogP contribution in [0.15, 0.2) is 54.7 Å². The van der Waals surface area contributed by atoms with Gasteiger partial charge in [0, 0.05) is 24.8 Å². The van der Waals surface area contributed by atoms with Crippen LogP contribution in [0.1, 0.15) is 34.6 Å². The van der Waals surface area contributed by atoms with Crippen molar-refractivity contribution >= 4 is 15.7 Å². The normalized spacial score (nSPS) is 17.5. The summed E-state index contributed by atoms with van der Waals surface area (Å²) in [7, 11) is -5.82. The van der Waals surface area contributed by atoms with E-state index in [9.17, 15) is 34.8 Å². The Bertz CT molecular complexity index is 1340. The molecule has 0 saturated carbocycles. The van der Waals surface area contributed by atoms with Crippen molar-refractivity contribution in [3.8, 4) is 0 Å². The number of fused-ring (bicyclic) bond motifs is 1. The number of imidazole rings is 1. The van der Waals surface area contributed by atoms with Crippen molar-refractivity contribution in [3.63, 3.8) is 0 Å². The molecule has 3 aromatic rings. The molecule has 1 atom stereocenters. The van der Waals surface area contributed by atoms with Crippen molar-refractivity contribution in [2.45, 2.75) is 50.6 Å². The van der Waals surface area contributed by atoms with E-state index in [4.69, 9.17) is 0 Å². The molecular formula is C24H24F6N4O2S. The maximum Gasteiger partial charge on any atom is 0.511 e. The highest BCUT2D eigenvalue weighted by Gasteiger charge is 2.51. The van der Waals surface area contributed by atoms with E-state index in [1.807, 2.05) is 30.3 Å². The fourth-order valence-electron chi connectivity index (χ4n) is 4.46. The van der Waals surface area contributed by atoms with Crippen molar-refractivity contribution in [1.29, 1.82) is 0 Å². The first-order valence-electron chi connectivity index (χ1n) is 11.3. The molecule has 4 rings (SSSR count). The van der Waals surface area contributed by atoms with Crippen molar-refractivity contribution in [3.05, 3.63) is 82.9 Å². The van der Waals surface area contributed by atoms with E-state index in [-0.39, 0.29) is 28.5 Å². The summed E-state index contributed by atoms with van der Waals surface area (Å²) in [6.45, 7) is 0.387. The number of aromatic nitrogens is 2. The van der Waals surface area contributed by atoms with Gasteiger partial charge in [0.05, 0.1) is 24.0 Å². The molecule has 1 aromatic heterocycles. The second-order valence-electron chi connectivity index (χ2n) is 8.88. The average Bonchev–Trinajstić information content (AvgIpc) is 3.16. The Morgan fingerprint density at radius 2 is 1.76 bits per heavy atom. The predicted octanol–water partition coefficient (Wildman–Crippen LogP) is 5.41. The quantitative estimate of drug-likeness (QED) is 0.420. The van der Waals surface area contributed by atoms with Gasteiger partial charge in [0.15, 0.2) is 0 Å². The third-order valence-electron chi connectivity index (χ3n) is 6.26. The average molecular weight is 547 g/mol. The van der Waals surface area contributed by atoms with Crippen LogP contribution in [0, 0.1) is 6.92 Å². The lowest BCUT2D eigenvalue weighted by Gasteiger charge is -2.34. The maximum atomic E-state index is 13.6. The first-order chi connectivity index (χ1) is 17.3. The van der Waals surface area contributed by atoms with Crippen LogP contribution in [0.25, 0.3) is 0 Å². The van der Waals surface area contributed by atoms with Gasteiger partial charge in [-0.25, -0.2) is 13.4 Å². The number of sulfonamides is 1. The molecule has 0 bridgehead atoms. The zero-order valence-electron chi connectivity index (χ0n) is 19.6. The van der Waals surface area contributed by atoms with Gasteiger partial charge in [-0.15, -0.1) is 0 Å². The third kappa shape index (κ3) is 5.93. The number of benzene rings is 2. The third-order valence-corrected chi connectivity index (χ3v) is 7.80. The van der Waals surface area contributed by atoms with E-state index in [1.165, 1.54) is 12.3 Å². The summed E-state index contributed by atoms with van der Waals surface area (Å²) < 4.78 is 106. The fraction of sp³-hybridized carbons (Fsp3) is 0.375. The Hall–Kier alpha value is -3.06. The van der Waals surface area contributed by atoms with E-state index in [2.05, 4.69) is 9.97 Å². The monoisotopic (exact) mass is 546 g/mol. The predicted molar refractivity (Wildman–Crippen MR) is 125 cm³/mol. The Morgan fingerprint density at radius 3 is 2.35 bits per heavy atom. The fourth-order valence-corrected chi connectivity index (χ4v) is 5.43. The number of aromatic amines is 1. The van der Waals surface area contributed by atoms with Gasteiger partial charge < -0.3 is 9.88 Å². The second kappa shape index (κ2) is 10.0. The van der Waals surface area contributed by atoms with Gasteiger partial charge in [0.2, 0.25) is 0 Å². The number of nitrogens with one attached hydrogen (secondary N) is 1. The summed E-state index contributed by atoms with van der Waals surface area (Å²) in [5.74, 6) is 0.583. The van der Waals surface area contributed by atoms with E-state index < -0.39 is 46.4 Å². The molecule has 6 nitrogen and oxygen atoms in total. The Kier molecular flexibility index (Phi) is 7.30. The first-order valence-corrected chi connectivity index (χ1v) is 12.8. The van der Waals surface area contributed by atoms with Crippen LogP contribution in [-0.2, 0) is 35.7 Å². The van der Waals surface area contributed by atoms with Crippen molar-refractivity contribution in [2.24, 2.45) is 0 Å². The molecule has 0 radical (unpaired) electrons. The van der Waals surface area contributed by atoms with Gasteiger partial charge in [-0.05, 0) is 49.1 Å². The van der Waals surface area contributed by atoms with Crippen molar-refractivity contribution in [1.82, 2.24) is 14.3 Å². The standard InChI is InChI=1S/C24H24F6N4O2S/c1-16-31-12-20(32-16)14-34-21(9-7-17-5-3-2-4-6-17)15-33(37(35,36)24(28,29)30)13-18-11-19(23(25,26)27)8-10-22(18)34/h2-6,8,10-12,21H,7,9,13-15H2,1H3,(H,31,32)/t21-/m0/s1. The lowest BCUT2D eigenvalue weighted by atomic mass is 10.0. The highest BCUT2D eigenvalue weighted by Crippen LogP contribution is 2.39. The number of anilines is 1. The summed E-state index contributed by atoms with van der Waals surface area (Å²) in [4.78, 5) is 8.82. The number of alkyl halides is 6. The Morgan fingerprint density at radius 1 is 1.05 bits per heavy atom. The molecule has 1 aliphatic heterocycles. The van der Waals surface area contributed by atoms with E-state index >= 15 is 0 Å². The van der Waals surface area contributed by atoms with Gasteiger partial charge in [0.1, 0.15) is 5.82 Å². The number of nitrogens with zero attached hydrogens (tertiary/aromatic N) is 3. The highest BCUT2D eigenvalue weighted by atomic mass is 32.2. The maximum absolute atomic E-state index is 13.6. The lowest BCUT2D eigenvalue weighted by Crippen LogP contribution is -2.47. The smallest absolute Gasteiger partial charge is 0.361 e. The number of hydrogen-bond acceptors (Lipinski definition) is 4. The SMILES string of the molecule is Cc1ncc(CN2c3ccc(C(F)(F)F)cc3CN(S(=O)(=O)C(F)(F)F)C[C@@H]2CCc2ccccc2)[nH]1. The zero-order chi connectivity index (χ0) is 27.0. The molecular weight excluding hydrogens is 522 g/mol. The van der Waals surface area contributed by atoms with Crippen LogP contribution in [0.2, 0.25) is 0 Å². The number of halogens is 6. The minimum Gasteiger partial charge on any atom is -0.361 e. The molecule has 37 heavy (non-hydrogen) atoms. The largest absolute Gasteiger partial charge is 0.511 e. The molecule has 0 spiro atoms. The minimum absolute atomic E-state index is 0.0819. The van der Waals surface area contributed by atoms with Gasteiger partial charge >= 0.3 is 21.7 Å².